The van der Waals surface area contributed by atoms with Gasteiger partial charge in [-0.2, -0.15) is 18.0 Å². The summed E-state index contributed by atoms with van der Waals surface area (Å²) in [4.78, 5) is 11.0. The molecule has 1 aliphatic rings. The molecule has 0 unspecified atom stereocenters. The number of rotatable bonds is 2. The Hall–Kier alpha value is -1.91. The minimum absolute atomic E-state index is 0.118. The molecule has 0 atom stereocenters. The third-order valence-corrected chi connectivity index (χ3v) is 3.77. The molecular formula is C10H9N3O3S. The van der Waals surface area contributed by atoms with E-state index in [1.54, 1.807) is 24.3 Å². The molecule has 1 aromatic carbocycles. The highest BCUT2D eigenvalue weighted by Gasteiger charge is 2.33. The number of benzene rings is 1. The average molecular weight is 251 g/mol. The van der Waals surface area contributed by atoms with Crippen molar-refractivity contribution in [3.8, 4) is 6.07 Å². The third-order valence-electron chi connectivity index (χ3n) is 2.34. The van der Waals surface area contributed by atoms with Gasteiger partial charge in [0.15, 0.2) is 0 Å². The van der Waals surface area contributed by atoms with E-state index in [-0.39, 0.29) is 13.1 Å². The van der Waals surface area contributed by atoms with Crippen LogP contribution in [0.1, 0.15) is 11.1 Å². The number of nitrogens with one attached hydrogen (secondary N) is 1. The maximum absolute atomic E-state index is 11.4. The van der Waals surface area contributed by atoms with Crippen LogP contribution in [0, 0.1) is 11.3 Å². The Bertz CT molecular complexity index is 586. The number of carbonyl (C=O) groups is 1. The minimum atomic E-state index is -3.68. The lowest BCUT2D eigenvalue weighted by molar-refractivity contribution is -0.118. The van der Waals surface area contributed by atoms with Gasteiger partial charge in [0, 0.05) is 6.54 Å². The van der Waals surface area contributed by atoms with E-state index in [0.717, 1.165) is 9.87 Å². The predicted molar refractivity (Wildman–Crippen MR) is 58.6 cm³/mol. The van der Waals surface area contributed by atoms with Crippen LogP contribution < -0.4 is 4.72 Å². The molecule has 1 aliphatic heterocycles. The summed E-state index contributed by atoms with van der Waals surface area (Å²) >= 11 is 0. The van der Waals surface area contributed by atoms with Gasteiger partial charge in [0.2, 0.25) is 5.91 Å². The number of carbonyl (C=O) groups excluding carboxylic acids is 1. The molecular weight excluding hydrogens is 242 g/mol. The molecule has 2 rings (SSSR count). The van der Waals surface area contributed by atoms with Crippen molar-refractivity contribution in [3.05, 3.63) is 35.4 Å². The van der Waals surface area contributed by atoms with Crippen molar-refractivity contribution in [2.75, 3.05) is 6.54 Å². The molecule has 0 saturated carbocycles. The normalized spacial score (nSPS) is 18.6. The van der Waals surface area contributed by atoms with Crippen LogP contribution in [0.25, 0.3) is 0 Å². The molecule has 1 aromatic rings. The van der Waals surface area contributed by atoms with E-state index in [9.17, 15) is 13.2 Å². The largest absolute Gasteiger partial charge is 0.304 e. The summed E-state index contributed by atoms with van der Waals surface area (Å²) in [5.41, 5.74) is 1.23. The molecule has 0 radical (unpaired) electrons. The molecule has 6 nitrogen and oxygen atoms in total. The highest BCUT2D eigenvalue weighted by atomic mass is 32.2. The monoisotopic (exact) mass is 251 g/mol. The Morgan fingerprint density at radius 3 is 2.47 bits per heavy atom. The van der Waals surface area contributed by atoms with Crippen LogP contribution in [0.4, 0.5) is 0 Å². The molecule has 1 fully saturated rings. The van der Waals surface area contributed by atoms with Crippen LogP contribution in [0.2, 0.25) is 0 Å². The molecule has 1 amide bonds. The van der Waals surface area contributed by atoms with Gasteiger partial charge >= 0.3 is 10.2 Å². The van der Waals surface area contributed by atoms with Crippen molar-refractivity contribution < 1.29 is 13.2 Å². The van der Waals surface area contributed by atoms with E-state index in [2.05, 4.69) is 0 Å². The third kappa shape index (κ3) is 2.43. The van der Waals surface area contributed by atoms with Crippen molar-refractivity contribution in [1.82, 2.24) is 9.03 Å². The zero-order chi connectivity index (χ0) is 12.5. The summed E-state index contributed by atoms with van der Waals surface area (Å²) < 4.78 is 25.8. The second kappa shape index (κ2) is 4.16. The van der Waals surface area contributed by atoms with Gasteiger partial charge in [-0.15, -0.1) is 0 Å². The van der Waals surface area contributed by atoms with Gasteiger partial charge in [-0.25, -0.2) is 4.72 Å². The Labute approximate surface area is 98.6 Å². The molecule has 0 bridgehead atoms. The van der Waals surface area contributed by atoms with Crippen molar-refractivity contribution in [1.29, 1.82) is 5.26 Å². The lowest BCUT2D eigenvalue weighted by atomic mass is 10.1. The van der Waals surface area contributed by atoms with Crippen molar-refractivity contribution in [2.45, 2.75) is 6.54 Å². The zero-order valence-electron chi connectivity index (χ0n) is 8.75. The maximum Gasteiger partial charge on any atom is 0.304 e. The van der Waals surface area contributed by atoms with E-state index in [1.807, 2.05) is 10.8 Å². The fraction of sp³-hybridized carbons (Fsp3) is 0.200. The Kier molecular flexibility index (Phi) is 2.83. The summed E-state index contributed by atoms with van der Waals surface area (Å²) in [6, 6.07) is 8.51. The fourth-order valence-corrected chi connectivity index (χ4v) is 2.60. The molecule has 0 aliphatic carbocycles. The first kappa shape index (κ1) is 11.6. The van der Waals surface area contributed by atoms with Gasteiger partial charge in [-0.1, -0.05) is 12.1 Å². The first-order valence-corrected chi connectivity index (χ1v) is 6.25. The van der Waals surface area contributed by atoms with Gasteiger partial charge in [0.05, 0.1) is 18.2 Å². The Morgan fingerprint density at radius 1 is 1.35 bits per heavy atom. The van der Waals surface area contributed by atoms with Crippen LogP contribution >= 0.6 is 0 Å². The molecule has 0 aromatic heterocycles. The lowest BCUT2D eigenvalue weighted by Crippen LogP contribution is -2.29. The number of amides is 1. The smallest absolute Gasteiger partial charge is 0.272 e. The Balaban J connectivity index is 2.16. The van der Waals surface area contributed by atoms with Gasteiger partial charge in [-0.05, 0) is 17.7 Å². The zero-order valence-corrected chi connectivity index (χ0v) is 9.57. The molecule has 17 heavy (non-hydrogen) atoms. The SMILES string of the molecule is N#Cc1ccc(CN2CC(=O)NS2(=O)=O)cc1. The van der Waals surface area contributed by atoms with Crippen LogP contribution in [-0.4, -0.2) is 25.2 Å². The molecule has 1 saturated heterocycles. The van der Waals surface area contributed by atoms with Crippen LogP contribution in [0.5, 0.6) is 0 Å². The first-order valence-electron chi connectivity index (χ1n) is 4.81. The molecule has 1 N–H and O–H groups in total. The van der Waals surface area contributed by atoms with Crippen LogP contribution in [-0.2, 0) is 21.5 Å². The van der Waals surface area contributed by atoms with Gasteiger partial charge in [-0.3, -0.25) is 4.79 Å². The van der Waals surface area contributed by atoms with E-state index in [1.165, 1.54) is 0 Å². The summed E-state index contributed by atoms with van der Waals surface area (Å²) in [6.45, 7) is -0.0465. The second-order valence-electron chi connectivity index (χ2n) is 3.61. The van der Waals surface area contributed by atoms with Gasteiger partial charge in [0.1, 0.15) is 0 Å². The minimum Gasteiger partial charge on any atom is -0.272 e. The quantitative estimate of drug-likeness (QED) is 0.783. The molecule has 88 valence electrons. The van der Waals surface area contributed by atoms with Gasteiger partial charge in [0.25, 0.3) is 0 Å². The van der Waals surface area contributed by atoms with Crippen LogP contribution in [0.3, 0.4) is 0 Å². The number of hydrogen-bond donors (Lipinski definition) is 1. The van der Waals surface area contributed by atoms with Crippen molar-refractivity contribution in [2.24, 2.45) is 0 Å². The standard InChI is InChI=1S/C10H9N3O3S/c11-5-8-1-3-9(4-2-8)6-13-7-10(14)12-17(13,15)16/h1-4H,6-7H2,(H,12,14). The summed E-state index contributed by atoms with van der Waals surface area (Å²) in [6.07, 6.45) is 0. The van der Waals surface area contributed by atoms with Crippen molar-refractivity contribution in [3.63, 3.8) is 0 Å². The first-order chi connectivity index (χ1) is 8.01. The van der Waals surface area contributed by atoms with E-state index in [0.29, 0.717) is 5.56 Å². The average Bonchev–Trinajstić information content (AvgIpc) is 2.53. The van der Waals surface area contributed by atoms with E-state index >= 15 is 0 Å². The molecule has 1 heterocycles. The summed E-state index contributed by atoms with van der Waals surface area (Å²) in [5, 5.41) is 8.62. The number of nitriles is 1. The fourth-order valence-electron chi connectivity index (χ4n) is 1.52. The number of nitrogens with zero attached hydrogens (tertiary/aromatic N) is 2. The van der Waals surface area contributed by atoms with Crippen molar-refractivity contribution >= 4 is 16.1 Å². The highest BCUT2D eigenvalue weighted by molar-refractivity contribution is 7.88. The van der Waals surface area contributed by atoms with Gasteiger partial charge < -0.3 is 0 Å². The predicted octanol–water partition coefficient (Wildman–Crippen LogP) is -0.265. The second-order valence-corrected chi connectivity index (χ2v) is 5.28. The lowest BCUT2D eigenvalue weighted by Gasteiger charge is -2.11. The van der Waals surface area contributed by atoms with Crippen LogP contribution in [0.15, 0.2) is 24.3 Å². The summed E-state index contributed by atoms with van der Waals surface area (Å²) in [5.74, 6) is -0.529. The maximum atomic E-state index is 11.4. The number of hydrogen-bond acceptors (Lipinski definition) is 4. The van der Waals surface area contributed by atoms with E-state index < -0.39 is 16.1 Å². The molecule has 0 spiro atoms. The topological polar surface area (TPSA) is 90.3 Å². The summed E-state index contributed by atoms with van der Waals surface area (Å²) in [7, 11) is -3.68. The highest BCUT2D eigenvalue weighted by Crippen LogP contribution is 2.12. The van der Waals surface area contributed by atoms with E-state index in [4.69, 9.17) is 5.26 Å². The molecule has 7 heteroatoms. The Morgan fingerprint density at radius 2 is 2.00 bits per heavy atom.